The predicted molar refractivity (Wildman–Crippen MR) is 220 cm³/mol. The number of rotatable bonds is 12. The molecule has 0 spiro atoms. The first-order chi connectivity index (χ1) is 24.1. The average molecular weight is 1050 g/mol. The van der Waals surface area contributed by atoms with Crippen LogP contribution in [-0.4, -0.2) is 51.7 Å². The van der Waals surface area contributed by atoms with Crippen molar-refractivity contribution >= 4 is 17.1 Å². The van der Waals surface area contributed by atoms with E-state index in [-0.39, 0.29) is 47.5 Å². The van der Waals surface area contributed by atoms with E-state index in [2.05, 4.69) is 142 Å². The van der Waals surface area contributed by atoms with Crippen LogP contribution in [0.15, 0.2) is 92.2 Å². The Morgan fingerprint density at radius 1 is 1.10 bits per heavy atom. The Hall–Kier alpha value is -2.32. The molecule has 2 heterocycles. The van der Waals surface area contributed by atoms with Crippen molar-refractivity contribution in [3.8, 4) is 0 Å². The minimum absolute atomic E-state index is 0. The van der Waals surface area contributed by atoms with Crippen LogP contribution in [0.2, 0.25) is 0 Å². The Morgan fingerprint density at radius 2 is 1.77 bits per heavy atom. The van der Waals surface area contributed by atoms with Gasteiger partial charge < -0.3 is 35.6 Å². The normalized spacial score (nSPS) is 16.4. The molecule has 2 atom stereocenters. The van der Waals surface area contributed by atoms with Crippen LogP contribution in [0.1, 0.15) is 81.0 Å². The zero-order chi connectivity index (χ0) is 37.2. The van der Waals surface area contributed by atoms with Crippen LogP contribution >= 0.6 is 0 Å². The summed E-state index contributed by atoms with van der Waals surface area (Å²) >= 11 is 0. The largest absolute Gasteiger partial charge is 2.00 e. The summed E-state index contributed by atoms with van der Waals surface area (Å²) in [5, 5.41) is 2.92. The molecular formula is C45H66N5ReW-. The van der Waals surface area contributed by atoms with E-state index in [0.717, 1.165) is 68.3 Å². The van der Waals surface area contributed by atoms with Crippen LogP contribution in [0, 0.1) is 40.5 Å². The van der Waals surface area contributed by atoms with E-state index < -0.39 is 0 Å². The first-order valence-corrected chi connectivity index (χ1v) is 18.3. The molecule has 2 aliphatic rings. The first-order valence-electron chi connectivity index (χ1n) is 18.3. The maximum absolute atomic E-state index is 5.11. The quantitative estimate of drug-likeness (QED) is 0.111. The fourth-order valence-corrected chi connectivity index (χ4v) is 6.08. The summed E-state index contributed by atoms with van der Waals surface area (Å²) in [7, 11) is 1.89. The molecule has 1 saturated carbocycles. The number of hydrogen-bond acceptors (Lipinski definition) is 4. The number of aromatic nitrogens is 2. The van der Waals surface area contributed by atoms with E-state index in [0.29, 0.717) is 6.04 Å². The third-order valence-electron chi connectivity index (χ3n) is 9.51. The van der Waals surface area contributed by atoms with Gasteiger partial charge in [-0.1, -0.05) is 86.2 Å². The van der Waals surface area contributed by atoms with Gasteiger partial charge in [0.1, 0.15) is 5.82 Å². The minimum Gasteiger partial charge on any atom is -0.386 e. The van der Waals surface area contributed by atoms with E-state index >= 15 is 0 Å². The molecule has 5 nitrogen and oxygen atoms in total. The van der Waals surface area contributed by atoms with Crippen LogP contribution < -0.4 is 5.32 Å². The molecule has 3 aromatic rings. The van der Waals surface area contributed by atoms with Gasteiger partial charge in [0.05, 0.1) is 24.2 Å². The van der Waals surface area contributed by atoms with Crippen LogP contribution in [0.5, 0.6) is 0 Å². The number of imidazole rings is 1. The molecule has 1 saturated heterocycles. The molecule has 0 bridgehead atoms. The van der Waals surface area contributed by atoms with Crippen LogP contribution in [0.25, 0.3) is 17.1 Å². The zero-order valence-corrected chi connectivity index (χ0v) is 38.8. The second-order valence-corrected chi connectivity index (χ2v) is 13.5. The van der Waals surface area contributed by atoms with E-state index in [1.807, 2.05) is 20.0 Å². The molecule has 2 unspecified atom stereocenters. The fraction of sp³-hybridized carbons (Fsp3) is 0.422. The molecule has 7 heteroatoms. The predicted octanol–water partition coefficient (Wildman–Crippen LogP) is 10.5. The van der Waals surface area contributed by atoms with E-state index in [1.165, 1.54) is 52.9 Å². The summed E-state index contributed by atoms with van der Waals surface area (Å²) in [4.78, 5) is 9.95. The van der Waals surface area contributed by atoms with E-state index in [1.54, 1.807) is 6.92 Å². The van der Waals surface area contributed by atoms with Crippen molar-refractivity contribution in [2.24, 2.45) is 5.92 Å². The van der Waals surface area contributed by atoms with Crippen molar-refractivity contribution in [2.45, 2.75) is 98.3 Å². The van der Waals surface area contributed by atoms with Crippen molar-refractivity contribution in [1.82, 2.24) is 24.7 Å². The monoisotopic (exact) mass is 1050 g/mol. The van der Waals surface area contributed by atoms with Crippen molar-refractivity contribution < 1.29 is 41.5 Å². The molecule has 5 rings (SSSR count). The van der Waals surface area contributed by atoms with Gasteiger partial charge in [-0.05, 0) is 107 Å². The number of aryl methyl sites for hydroxylation is 3. The molecule has 2 aromatic carbocycles. The second kappa shape index (κ2) is 26.5. The molecule has 1 aliphatic heterocycles. The minimum atomic E-state index is 0. The summed E-state index contributed by atoms with van der Waals surface area (Å²) in [6, 6.07) is 13.9. The van der Waals surface area contributed by atoms with Gasteiger partial charge >= 0.3 is 21.1 Å². The Bertz CT molecular complexity index is 1550. The number of benzene rings is 2. The summed E-state index contributed by atoms with van der Waals surface area (Å²) in [6.45, 7) is 39.8. The molecule has 1 aromatic heterocycles. The number of nitrogens with zero attached hydrogens (tertiary/aromatic N) is 4. The van der Waals surface area contributed by atoms with Gasteiger partial charge in [0.15, 0.2) is 0 Å². The Balaban J connectivity index is 0.00000215. The molecule has 0 amide bonds. The molecular weight excluding hydrogens is 981 g/mol. The van der Waals surface area contributed by atoms with E-state index in [4.69, 9.17) is 4.98 Å². The average Bonchev–Trinajstić information content (AvgIpc) is 3.44. The fourth-order valence-electron chi connectivity index (χ4n) is 6.08. The Morgan fingerprint density at radius 3 is 2.35 bits per heavy atom. The smallest absolute Gasteiger partial charge is 0.386 e. The van der Waals surface area contributed by atoms with Gasteiger partial charge in [-0.3, -0.25) is 4.90 Å². The van der Waals surface area contributed by atoms with Gasteiger partial charge in [0.2, 0.25) is 0 Å². The Labute approximate surface area is 346 Å². The van der Waals surface area contributed by atoms with Crippen LogP contribution in [0.3, 0.4) is 0 Å². The van der Waals surface area contributed by atoms with Crippen molar-refractivity contribution in [3.63, 3.8) is 0 Å². The maximum atomic E-state index is 5.11. The third kappa shape index (κ3) is 15.6. The summed E-state index contributed by atoms with van der Waals surface area (Å²) in [6.07, 6.45) is 15.6. The SMILES string of the molecule is C=C.C=Cc1ccc2nc(CN3CCC([CH2-])N(C(=C)/C=C\C=C(/C)CCc4ccc(C)cc4C)C3)n(CC3CCC3)c2c1.[CH2-]C.[CH2-]C(C)NC.[Re].[W+2]. The standard InChI is InChI=1S/C37H47N4.C4H10N.C2H5.C2H4.Re.W/c1-7-32-16-19-35-36(23-32)40(24-33-12-9-13-33)37(38-35)25-39-21-20-31(6)41(26-39)30(5)11-8-10-27(2)14-17-34-18-15-28(3)22-29(34)4;1-4(2)5-3;2*1-2;;/h7-8,10-11,15-16,18-19,22-23,31,33H,1,5-6,9,12-14,17,20-21,24-26H2,2-4H3;4-5H,1H2,2-3H3;1H2,2H3;1-2H2;;/q3*-1;;;+2/b11-8-,27-10+;;;;;. The number of allylic oxidation sites excluding steroid dienone is 4. The molecule has 1 radical (unpaired) electrons. The van der Waals surface area contributed by atoms with Gasteiger partial charge in [-0.15, -0.1) is 19.2 Å². The number of hydrogen-bond donors (Lipinski definition) is 1. The number of nitrogens with one attached hydrogen (secondary N) is 1. The number of fused-ring (bicyclic) bond motifs is 1. The summed E-state index contributed by atoms with van der Waals surface area (Å²) in [5.41, 5.74) is 10.0. The third-order valence-corrected chi connectivity index (χ3v) is 9.51. The summed E-state index contributed by atoms with van der Waals surface area (Å²) < 4.78 is 2.48. The zero-order valence-electron chi connectivity index (χ0n) is 33.1. The van der Waals surface area contributed by atoms with Crippen molar-refractivity contribution in [1.29, 1.82) is 0 Å². The van der Waals surface area contributed by atoms with Gasteiger partial charge in [0, 0.05) is 32.7 Å². The van der Waals surface area contributed by atoms with Gasteiger partial charge in [-0.25, -0.2) is 4.98 Å². The van der Waals surface area contributed by atoms with Gasteiger partial charge in [-0.2, -0.15) is 6.92 Å². The second-order valence-electron chi connectivity index (χ2n) is 13.5. The molecule has 2 fully saturated rings. The molecule has 1 aliphatic carbocycles. The van der Waals surface area contributed by atoms with E-state index in [9.17, 15) is 0 Å². The van der Waals surface area contributed by atoms with Crippen molar-refractivity contribution in [2.75, 3.05) is 20.3 Å². The van der Waals surface area contributed by atoms with Crippen LogP contribution in [0.4, 0.5) is 0 Å². The summed E-state index contributed by atoms with van der Waals surface area (Å²) in [5.74, 6) is 1.93. The molecule has 1 N–H and O–H groups in total. The van der Waals surface area contributed by atoms with Crippen LogP contribution in [-0.2, 0) is 61.0 Å². The topological polar surface area (TPSA) is 36.3 Å². The first kappa shape index (κ1) is 49.7. The molecule has 285 valence electrons. The maximum Gasteiger partial charge on any atom is 2.00 e. The van der Waals surface area contributed by atoms with Gasteiger partial charge in [0.25, 0.3) is 0 Å². The Kier molecular flexibility index (Phi) is 25.3. The van der Waals surface area contributed by atoms with Crippen molar-refractivity contribution in [3.05, 3.63) is 141 Å². The molecule has 52 heavy (non-hydrogen) atoms.